The fourth-order valence-corrected chi connectivity index (χ4v) is 1.13. The van der Waals surface area contributed by atoms with Crippen molar-refractivity contribution in [3.63, 3.8) is 0 Å². The Morgan fingerprint density at radius 2 is 1.79 bits per heavy atom. The Morgan fingerprint density at radius 1 is 1.21 bits per heavy atom. The highest BCUT2D eigenvalue weighted by Gasteiger charge is 2.14. The number of rotatable bonds is 3. The monoisotopic (exact) mass is 201 g/mol. The van der Waals surface area contributed by atoms with Crippen molar-refractivity contribution >= 4 is 0 Å². The minimum absolute atomic E-state index is 0.0381. The van der Waals surface area contributed by atoms with Gasteiger partial charge in [0.05, 0.1) is 0 Å². The molecule has 0 unspecified atom stereocenters. The van der Waals surface area contributed by atoms with Gasteiger partial charge in [0.1, 0.15) is 5.82 Å². The minimum atomic E-state index is -1.21. The number of nitrogens with two attached hydrogens (primary N) is 1. The van der Waals surface area contributed by atoms with Gasteiger partial charge in [-0.2, -0.15) is 0 Å². The van der Waals surface area contributed by atoms with Crippen LogP contribution in [0.4, 0.5) is 13.2 Å². The summed E-state index contributed by atoms with van der Waals surface area (Å²) in [6, 6.07) is 0.578. The molecule has 0 radical (unpaired) electrons. The lowest BCUT2D eigenvalue weighted by Gasteiger charge is -2.10. The van der Waals surface area contributed by atoms with Crippen LogP contribution in [-0.4, -0.2) is 0 Å². The molecule has 1 aromatic carbocycles. The molecule has 1 aromatic rings. The molecule has 0 aliphatic carbocycles. The SMILES string of the molecule is C=CC[C@H](N)c1cc(F)c(F)cc1F. The maximum Gasteiger partial charge on any atom is 0.161 e. The first-order valence-corrected chi connectivity index (χ1v) is 4.07. The maximum atomic E-state index is 13.1. The number of hydrogen-bond acceptors (Lipinski definition) is 1. The molecule has 0 aliphatic heterocycles. The van der Waals surface area contributed by atoms with E-state index in [0.717, 1.165) is 6.07 Å². The molecule has 1 atom stereocenters. The average Bonchev–Trinajstić information content (AvgIpc) is 2.11. The quantitative estimate of drug-likeness (QED) is 0.590. The standard InChI is InChI=1S/C10H10F3N/c1-2-3-10(14)6-4-8(12)9(13)5-7(6)11/h2,4-5,10H,1,3,14H2/t10-/m0/s1. The molecule has 0 aliphatic rings. The van der Waals surface area contributed by atoms with Crippen molar-refractivity contribution < 1.29 is 13.2 Å². The average molecular weight is 201 g/mol. The van der Waals surface area contributed by atoms with Crippen LogP contribution in [0.25, 0.3) is 0 Å². The highest BCUT2D eigenvalue weighted by molar-refractivity contribution is 5.23. The molecule has 76 valence electrons. The van der Waals surface area contributed by atoms with Crippen LogP contribution in [0.1, 0.15) is 18.0 Å². The summed E-state index contributed by atoms with van der Waals surface area (Å²) in [6.07, 6.45) is 1.80. The summed E-state index contributed by atoms with van der Waals surface area (Å²) < 4.78 is 38.4. The fraction of sp³-hybridized carbons (Fsp3) is 0.200. The van der Waals surface area contributed by atoms with Crippen LogP contribution < -0.4 is 5.73 Å². The van der Waals surface area contributed by atoms with E-state index in [1.807, 2.05) is 0 Å². The Bertz CT molecular complexity index is 349. The maximum absolute atomic E-state index is 13.1. The van der Waals surface area contributed by atoms with E-state index in [1.165, 1.54) is 6.08 Å². The molecule has 0 saturated heterocycles. The Hall–Kier alpha value is -1.29. The van der Waals surface area contributed by atoms with Crippen molar-refractivity contribution in [2.45, 2.75) is 12.5 Å². The summed E-state index contributed by atoms with van der Waals surface area (Å²) in [7, 11) is 0. The predicted molar refractivity (Wildman–Crippen MR) is 48.1 cm³/mol. The molecule has 0 bridgehead atoms. The lowest BCUT2D eigenvalue weighted by molar-refractivity contribution is 0.484. The van der Waals surface area contributed by atoms with Crippen LogP contribution in [-0.2, 0) is 0 Å². The van der Waals surface area contributed by atoms with Gasteiger partial charge in [0.2, 0.25) is 0 Å². The van der Waals surface area contributed by atoms with Crippen molar-refractivity contribution in [3.05, 3.63) is 47.8 Å². The smallest absolute Gasteiger partial charge is 0.161 e. The van der Waals surface area contributed by atoms with E-state index in [1.54, 1.807) is 0 Å². The molecular weight excluding hydrogens is 191 g/mol. The third kappa shape index (κ3) is 2.14. The molecule has 0 aromatic heterocycles. The van der Waals surface area contributed by atoms with Gasteiger partial charge in [-0.25, -0.2) is 13.2 Å². The van der Waals surface area contributed by atoms with Crippen molar-refractivity contribution in [3.8, 4) is 0 Å². The van der Waals surface area contributed by atoms with Crippen LogP contribution in [0.15, 0.2) is 24.8 Å². The van der Waals surface area contributed by atoms with Gasteiger partial charge in [-0.05, 0) is 12.5 Å². The van der Waals surface area contributed by atoms with Gasteiger partial charge in [-0.3, -0.25) is 0 Å². The molecule has 1 rings (SSSR count). The second kappa shape index (κ2) is 4.28. The van der Waals surface area contributed by atoms with Crippen molar-refractivity contribution in [1.82, 2.24) is 0 Å². The van der Waals surface area contributed by atoms with Gasteiger partial charge in [0.25, 0.3) is 0 Å². The third-order valence-electron chi connectivity index (χ3n) is 1.86. The molecular formula is C10H10F3N. The van der Waals surface area contributed by atoms with E-state index in [9.17, 15) is 13.2 Å². The zero-order valence-electron chi connectivity index (χ0n) is 7.43. The Labute approximate surface area is 80.0 Å². The van der Waals surface area contributed by atoms with Crippen molar-refractivity contribution in [1.29, 1.82) is 0 Å². The van der Waals surface area contributed by atoms with Crippen LogP contribution in [0.3, 0.4) is 0 Å². The molecule has 0 heterocycles. The highest BCUT2D eigenvalue weighted by atomic mass is 19.2. The minimum Gasteiger partial charge on any atom is -0.324 e. The summed E-state index contributed by atoms with van der Waals surface area (Å²) in [5, 5.41) is 0. The highest BCUT2D eigenvalue weighted by Crippen LogP contribution is 2.21. The van der Waals surface area contributed by atoms with Gasteiger partial charge in [-0.15, -0.1) is 6.58 Å². The van der Waals surface area contributed by atoms with Gasteiger partial charge in [0.15, 0.2) is 11.6 Å². The molecule has 14 heavy (non-hydrogen) atoms. The molecule has 0 amide bonds. The van der Waals surface area contributed by atoms with Crippen LogP contribution >= 0.6 is 0 Å². The summed E-state index contributed by atoms with van der Waals surface area (Å²) >= 11 is 0. The van der Waals surface area contributed by atoms with E-state index >= 15 is 0 Å². The molecule has 0 fully saturated rings. The number of hydrogen-bond donors (Lipinski definition) is 1. The topological polar surface area (TPSA) is 26.0 Å². The molecule has 4 heteroatoms. The zero-order valence-corrected chi connectivity index (χ0v) is 7.43. The van der Waals surface area contributed by atoms with Crippen LogP contribution in [0, 0.1) is 17.5 Å². The first kappa shape index (κ1) is 10.8. The largest absolute Gasteiger partial charge is 0.324 e. The van der Waals surface area contributed by atoms with E-state index in [4.69, 9.17) is 5.73 Å². The predicted octanol–water partition coefficient (Wildman–Crippen LogP) is 2.68. The normalized spacial score (nSPS) is 12.6. The Morgan fingerprint density at radius 3 is 2.36 bits per heavy atom. The second-order valence-corrected chi connectivity index (χ2v) is 2.92. The van der Waals surface area contributed by atoms with Crippen molar-refractivity contribution in [2.24, 2.45) is 5.73 Å². The van der Waals surface area contributed by atoms with Crippen LogP contribution in [0.5, 0.6) is 0 Å². The summed E-state index contributed by atoms with van der Waals surface area (Å²) in [4.78, 5) is 0. The van der Waals surface area contributed by atoms with Gasteiger partial charge in [-0.1, -0.05) is 6.08 Å². The van der Waals surface area contributed by atoms with Crippen molar-refractivity contribution in [2.75, 3.05) is 0 Å². The first-order chi connectivity index (χ1) is 6.56. The van der Waals surface area contributed by atoms with E-state index in [0.29, 0.717) is 12.5 Å². The Balaban J connectivity index is 3.08. The first-order valence-electron chi connectivity index (χ1n) is 4.07. The van der Waals surface area contributed by atoms with E-state index < -0.39 is 23.5 Å². The van der Waals surface area contributed by atoms with Gasteiger partial charge < -0.3 is 5.73 Å². The Kier molecular flexibility index (Phi) is 3.30. The number of benzene rings is 1. The van der Waals surface area contributed by atoms with Crippen LogP contribution in [0.2, 0.25) is 0 Å². The van der Waals surface area contributed by atoms with E-state index in [-0.39, 0.29) is 5.56 Å². The third-order valence-corrected chi connectivity index (χ3v) is 1.86. The zero-order chi connectivity index (χ0) is 10.7. The lowest BCUT2D eigenvalue weighted by atomic mass is 10.0. The summed E-state index contributed by atoms with van der Waals surface area (Å²) in [5.74, 6) is -3.14. The summed E-state index contributed by atoms with van der Waals surface area (Å²) in [5.41, 5.74) is 5.49. The van der Waals surface area contributed by atoms with Gasteiger partial charge >= 0.3 is 0 Å². The molecule has 0 spiro atoms. The fourth-order valence-electron chi connectivity index (χ4n) is 1.13. The molecule has 2 N–H and O–H groups in total. The molecule has 1 nitrogen and oxygen atoms in total. The van der Waals surface area contributed by atoms with Gasteiger partial charge in [0, 0.05) is 17.7 Å². The molecule has 0 saturated carbocycles. The second-order valence-electron chi connectivity index (χ2n) is 2.92. The summed E-state index contributed by atoms with van der Waals surface area (Å²) in [6.45, 7) is 3.43. The lowest BCUT2D eigenvalue weighted by Crippen LogP contribution is -2.12. The van der Waals surface area contributed by atoms with E-state index in [2.05, 4.69) is 6.58 Å². The number of halogens is 3.